The van der Waals surface area contributed by atoms with Crippen LogP contribution < -0.4 is 0 Å². The Kier molecular flexibility index (Phi) is 2.91. The Bertz CT molecular complexity index is 489. The molecule has 0 N–H and O–H groups in total. The van der Waals surface area contributed by atoms with E-state index in [0.29, 0.717) is 0 Å². The molecule has 0 atom stereocenters. The predicted octanol–water partition coefficient (Wildman–Crippen LogP) is 4.72. The number of thiophene rings is 1. The second-order valence-corrected chi connectivity index (χ2v) is 10.3. The van der Waals surface area contributed by atoms with Crippen LogP contribution in [0.4, 0.5) is 0 Å². The van der Waals surface area contributed by atoms with Gasteiger partial charge < -0.3 is 4.43 Å². The molecule has 0 radical (unpaired) electrons. The van der Waals surface area contributed by atoms with Gasteiger partial charge in [-0.2, -0.15) is 0 Å². The Morgan fingerprint density at radius 2 is 1.94 bits per heavy atom. The molecule has 0 aliphatic rings. The van der Waals surface area contributed by atoms with Gasteiger partial charge in [-0.1, -0.05) is 24.8 Å². The minimum Gasteiger partial charge on any atom is -0.544 e. The summed E-state index contributed by atoms with van der Waals surface area (Å²) in [7, 11) is -1.54. The van der Waals surface area contributed by atoms with Gasteiger partial charge >= 0.3 is 0 Å². The number of fused-ring (bicyclic) bond motifs is 1. The largest absolute Gasteiger partial charge is 0.544 e. The van der Waals surface area contributed by atoms with Gasteiger partial charge in [-0.05, 0) is 37.2 Å². The first-order chi connectivity index (χ1) is 7.46. The van der Waals surface area contributed by atoms with Crippen LogP contribution in [-0.4, -0.2) is 8.32 Å². The van der Waals surface area contributed by atoms with Crippen LogP contribution >= 0.6 is 11.3 Å². The SMILES string of the molecule is C=C(O[Si](C)(C)C)c1cc2ccccc2s1. The van der Waals surface area contributed by atoms with E-state index >= 15 is 0 Å². The van der Waals surface area contributed by atoms with Gasteiger partial charge in [-0.15, -0.1) is 11.3 Å². The second kappa shape index (κ2) is 4.07. The molecule has 3 heteroatoms. The Morgan fingerprint density at radius 1 is 1.25 bits per heavy atom. The van der Waals surface area contributed by atoms with Crippen molar-refractivity contribution in [3.05, 3.63) is 41.8 Å². The van der Waals surface area contributed by atoms with E-state index in [2.05, 4.69) is 56.6 Å². The number of benzene rings is 1. The Morgan fingerprint density at radius 3 is 2.56 bits per heavy atom. The molecular formula is C13H16OSSi. The van der Waals surface area contributed by atoms with Gasteiger partial charge in [0.05, 0.1) is 4.88 Å². The summed E-state index contributed by atoms with van der Waals surface area (Å²) in [5, 5.41) is 1.27. The number of rotatable bonds is 3. The molecule has 2 aromatic rings. The smallest absolute Gasteiger partial charge is 0.242 e. The molecule has 0 spiro atoms. The van der Waals surface area contributed by atoms with Crippen LogP contribution in [0.15, 0.2) is 36.9 Å². The van der Waals surface area contributed by atoms with Crippen molar-refractivity contribution in [1.29, 1.82) is 0 Å². The van der Waals surface area contributed by atoms with Crippen LogP contribution in [0.5, 0.6) is 0 Å². The lowest BCUT2D eigenvalue weighted by molar-refractivity contribution is 0.518. The molecule has 0 saturated carbocycles. The van der Waals surface area contributed by atoms with E-state index in [1.807, 2.05) is 0 Å². The summed E-state index contributed by atoms with van der Waals surface area (Å²) >= 11 is 1.74. The van der Waals surface area contributed by atoms with Crippen LogP contribution in [0.25, 0.3) is 15.8 Å². The maximum absolute atomic E-state index is 5.91. The van der Waals surface area contributed by atoms with Crippen LogP contribution in [0.1, 0.15) is 4.88 Å². The fraction of sp³-hybridized carbons (Fsp3) is 0.231. The topological polar surface area (TPSA) is 9.23 Å². The molecule has 16 heavy (non-hydrogen) atoms. The number of hydrogen-bond acceptors (Lipinski definition) is 2. The first kappa shape index (κ1) is 11.4. The molecule has 0 fully saturated rings. The lowest BCUT2D eigenvalue weighted by atomic mass is 10.2. The van der Waals surface area contributed by atoms with Crippen molar-refractivity contribution in [2.45, 2.75) is 19.6 Å². The van der Waals surface area contributed by atoms with Gasteiger partial charge in [0.25, 0.3) is 0 Å². The average molecular weight is 248 g/mol. The molecule has 1 heterocycles. The van der Waals surface area contributed by atoms with Gasteiger partial charge in [-0.3, -0.25) is 0 Å². The zero-order valence-electron chi connectivity index (χ0n) is 9.91. The van der Waals surface area contributed by atoms with Gasteiger partial charge in [0, 0.05) is 4.70 Å². The summed E-state index contributed by atoms with van der Waals surface area (Å²) in [5.74, 6) is 0.820. The molecule has 0 bridgehead atoms. The molecule has 0 amide bonds. The van der Waals surface area contributed by atoms with Crippen molar-refractivity contribution in [3.63, 3.8) is 0 Å². The fourth-order valence-electron chi connectivity index (χ4n) is 1.54. The maximum Gasteiger partial charge on any atom is 0.242 e. The van der Waals surface area contributed by atoms with Crippen molar-refractivity contribution in [2.24, 2.45) is 0 Å². The molecule has 1 aromatic carbocycles. The van der Waals surface area contributed by atoms with E-state index in [0.717, 1.165) is 10.6 Å². The quantitative estimate of drug-likeness (QED) is 0.564. The Hall–Kier alpha value is -1.06. The van der Waals surface area contributed by atoms with E-state index < -0.39 is 8.32 Å². The molecule has 2 rings (SSSR count). The van der Waals surface area contributed by atoms with Crippen LogP contribution in [-0.2, 0) is 4.43 Å². The molecule has 0 saturated heterocycles. The lowest BCUT2D eigenvalue weighted by Gasteiger charge is -2.19. The zero-order valence-corrected chi connectivity index (χ0v) is 11.7. The molecule has 84 valence electrons. The Balaban J connectivity index is 2.30. The van der Waals surface area contributed by atoms with E-state index in [1.54, 1.807) is 11.3 Å². The van der Waals surface area contributed by atoms with Crippen molar-refractivity contribution < 1.29 is 4.43 Å². The van der Waals surface area contributed by atoms with Crippen molar-refractivity contribution in [1.82, 2.24) is 0 Å². The van der Waals surface area contributed by atoms with Gasteiger partial charge in [0.2, 0.25) is 8.32 Å². The maximum atomic E-state index is 5.91. The monoisotopic (exact) mass is 248 g/mol. The third-order valence-electron chi connectivity index (χ3n) is 2.13. The van der Waals surface area contributed by atoms with E-state index in [9.17, 15) is 0 Å². The van der Waals surface area contributed by atoms with Crippen molar-refractivity contribution >= 4 is 35.5 Å². The van der Waals surface area contributed by atoms with Gasteiger partial charge in [0.1, 0.15) is 5.76 Å². The third kappa shape index (κ3) is 2.54. The van der Waals surface area contributed by atoms with Crippen LogP contribution in [0.3, 0.4) is 0 Å². The van der Waals surface area contributed by atoms with Crippen molar-refractivity contribution in [2.75, 3.05) is 0 Å². The number of hydrogen-bond donors (Lipinski definition) is 0. The summed E-state index contributed by atoms with van der Waals surface area (Å²) < 4.78 is 7.20. The summed E-state index contributed by atoms with van der Waals surface area (Å²) in [4.78, 5) is 1.14. The van der Waals surface area contributed by atoms with E-state index in [4.69, 9.17) is 4.43 Å². The normalized spacial score (nSPS) is 11.7. The highest BCUT2D eigenvalue weighted by Gasteiger charge is 2.18. The first-order valence-electron chi connectivity index (χ1n) is 5.32. The molecule has 0 unspecified atom stereocenters. The molecular weight excluding hydrogens is 232 g/mol. The van der Waals surface area contributed by atoms with E-state index in [1.165, 1.54) is 10.1 Å². The van der Waals surface area contributed by atoms with Crippen LogP contribution in [0.2, 0.25) is 19.6 Å². The van der Waals surface area contributed by atoms with E-state index in [-0.39, 0.29) is 0 Å². The second-order valence-electron chi connectivity index (χ2n) is 4.79. The van der Waals surface area contributed by atoms with Gasteiger partial charge in [0.15, 0.2) is 0 Å². The fourth-order valence-corrected chi connectivity index (χ4v) is 3.43. The van der Waals surface area contributed by atoms with Crippen LogP contribution in [0, 0.1) is 0 Å². The highest BCUT2D eigenvalue weighted by Crippen LogP contribution is 2.31. The summed E-state index contributed by atoms with van der Waals surface area (Å²) in [6.45, 7) is 10.5. The highest BCUT2D eigenvalue weighted by atomic mass is 32.1. The minimum absolute atomic E-state index is 0.820. The van der Waals surface area contributed by atoms with Crippen molar-refractivity contribution in [3.8, 4) is 0 Å². The Labute approximate surface area is 102 Å². The first-order valence-corrected chi connectivity index (χ1v) is 9.55. The standard InChI is InChI=1S/C13H16OSSi/c1-10(14-16(2,3)4)13-9-11-7-5-6-8-12(11)15-13/h5-9H,1H2,2-4H3. The summed E-state index contributed by atoms with van der Waals surface area (Å²) in [5.41, 5.74) is 0. The third-order valence-corrected chi connectivity index (χ3v) is 4.15. The minimum atomic E-state index is -1.54. The molecule has 1 nitrogen and oxygen atoms in total. The summed E-state index contributed by atoms with van der Waals surface area (Å²) in [6.07, 6.45) is 0. The zero-order chi connectivity index (χ0) is 11.8. The molecule has 1 aromatic heterocycles. The molecule has 0 aliphatic heterocycles. The van der Waals surface area contributed by atoms with Gasteiger partial charge in [-0.25, -0.2) is 0 Å². The lowest BCUT2D eigenvalue weighted by Crippen LogP contribution is -2.23. The molecule has 0 aliphatic carbocycles. The highest BCUT2D eigenvalue weighted by molar-refractivity contribution is 7.20. The average Bonchev–Trinajstić information content (AvgIpc) is 2.58. The summed E-state index contributed by atoms with van der Waals surface area (Å²) in [6, 6.07) is 10.5. The predicted molar refractivity (Wildman–Crippen MR) is 75.3 cm³/mol.